The second-order valence-electron chi connectivity index (χ2n) is 8.31. The Hall–Kier alpha value is -3.10. The van der Waals surface area contributed by atoms with E-state index in [9.17, 15) is 22.4 Å². The Bertz CT molecular complexity index is 1150. The van der Waals surface area contributed by atoms with E-state index in [0.717, 1.165) is 37.1 Å². The normalized spacial score (nSPS) is 19.2. The standard InChI is InChI=1S/C23H23F4N3O2/c1-13-3-5-18(6-4-13)30-12-15-9-20(21(32-2)11-19(15)29-30)28-22(31)14-7-16(23(25,26)27)10-17(24)8-14/h7-13,18H,3-6H2,1-2H3,(H,28,31). The van der Waals surface area contributed by atoms with Crippen LogP contribution in [0.5, 0.6) is 5.75 Å². The number of fused-ring (bicyclic) bond motifs is 1. The van der Waals surface area contributed by atoms with Gasteiger partial charge in [-0.1, -0.05) is 6.92 Å². The molecule has 0 saturated heterocycles. The van der Waals surface area contributed by atoms with Crippen molar-refractivity contribution in [3.05, 3.63) is 53.5 Å². The van der Waals surface area contributed by atoms with Gasteiger partial charge in [-0.15, -0.1) is 0 Å². The number of ether oxygens (including phenoxy) is 1. The van der Waals surface area contributed by atoms with Gasteiger partial charge in [-0.05, 0) is 55.9 Å². The average molecular weight is 449 g/mol. The third-order valence-electron chi connectivity index (χ3n) is 5.94. The molecular weight excluding hydrogens is 426 g/mol. The van der Waals surface area contributed by atoms with Crippen molar-refractivity contribution >= 4 is 22.5 Å². The lowest BCUT2D eigenvalue weighted by Gasteiger charge is -2.26. The van der Waals surface area contributed by atoms with Crippen LogP contribution < -0.4 is 10.1 Å². The van der Waals surface area contributed by atoms with E-state index in [1.54, 1.807) is 12.1 Å². The Morgan fingerprint density at radius 1 is 1.12 bits per heavy atom. The Balaban J connectivity index is 1.62. The first-order valence-electron chi connectivity index (χ1n) is 10.4. The molecule has 0 spiro atoms. The van der Waals surface area contributed by atoms with Crippen molar-refractivity contribution < 1.29 is 27.1 Å². The molecule has 4 rings (SSSR count). The summed E-state index contributed by atoms with van der Waals surface area (Å²) in [6, 6.07) is 5.35. The van der Waals surface area contributed by atoms with Crippen molar-refractivity contribution in [2.75, 3.05) is 12.4 Å². The Kier molecular flexibility index (Phi) is 5.83. The molecule has 1 aliphatic carbocycles. The molecule has 2 aromatic carbocycles. The number of carbonyl (C=O) groups excluding carboxylic acids is 1. The smallest absolute Gasteiger partial charge is 0.416 e. The maximum atomic E-state index is 13.7. The predicted octanol–water partition coefficient (Wildman–Crippen LogP) is 6.21. The third kappa shape index (κ3) is 4.56. The first-order chi connectivity index (χ1) is 15.1. The molecule has 0 radical (unpaired) electrons. The number of anilines is 1. The van der Waals surface area contributed by atoms with E-state index >= 15 is 0 Å². The maximum Gasteiger partial charge on any atom is 0.416 e. The molecule has 1 fully saturated rings. The molecule has 1 N–H and O–H groups in total. The molecule has 0 unspecified atom stereocenters. The summed E-state index contributed by atoms with van der Waals surface area (Å²) in [4.78, 5) is 12.6. The summed E-state index contributed by atoms with van der Waals surface area (Å²) in [6.45, 7) is 2.24. The largest absolute Gasteiger partial charge is 0.494 e. The first-order valence-corrected chi connectivity index (χ1v) is 10.4. The number of rotatable bonds is 4. The zero-order chi connectivity index (χ0) is 23.0. The minimum absolute atomic E-state index is 0.264. The summed E-state index contributed by atoms with van der Waals surface area (Å²) in [5.74, 6) is -1.00. The number of carbonyl (C=O) groups is 1. The number of aromatic nitrogens is 2. The van der Waals surface area contributed by atoms with Crippen molar-refractivity contribution in [3.8, 4) is 5.75 Å². The maximum absolute atomic E-state index is 13.7. The molecule has 3 aromatic rings. The fourth-order valence-corrected chi connectivity index (χ4v) is 4.11. The molecule has 1 saturated carbocycles. The minimum Gasteiger partial charge on any atom is -0.494 e. The number of nitrogens with zero attached hydrogens (tertiary/aromatic N) is 2. The van der Waals surface area contributed by atoms with Gasteiger partial charge in [0.1, 0.15) is 11.6 Å². The van der Waals surface area contributed by atoms with Crippen LogP contribution in [0.25, 0.3) is 10.9 Å². The first kappa shape index (κ1) is 22.1. The highest BCUT2D eigenvalue weighted by atomic mass is 19.4. The van der Waals surface area contributed by atoms with Gasteiger partial charge in [-0.2, -0.15) is 18.3 Å². The van der Waals surface area contributed by atoms with Crippen LogP contribution in [0.2, 0.25) is 0 Å². The Morgan fingerprint density at radius 3 is 2.50 bits per heavy atom. The molecule has 1 amide bonds. The van der Waals surface area contributed by atoms with Gasteiger partial charge in [0.25, 0.3) is 5.91 Å². The van der Waals surface area contributed by atoms with Gasteiger partial charge in [-0.3, -0.25) is 9.48 Å². The van der Waals surface area contributed by atoms with Crippen LogP contribution in [-0.2, 0) is 6.18 Å². The summed E-state index contributed by atoms with van der Waals surface area (Å²) >= 11 is 0. The van der Waals surface area contributed by atoms with Crippen LogP contribution in [0.3, 0.4) is 0 Å². The minimum atomic E-state index is -4.76. The lowest BCUT2D eigenvalue weighted by atomic mass is 9.87. The number of methoxy groups -OCH3 is 1. The van der Waals surface area contributed by atoms with Crippen molar-refractivity contribution in [1.82, 2.24) is 9.78 Å². The highest BCUT2D eigenvalue weighted by molar-refractivity contribution is 6.06. The molecule has 1 aromatic heterocycles. The van der Waals surface area contributed by atoms with E-state index in [1.807, 2.05) is 10.9 Å². The number of amides is 1. The van der Waals surface area contributed by atoms with E-state index in [1.165, 1.54) is 7.11 Å². The molecule has 9 heteroatoms. The van der Waals surface area contributed by atoms with Crippen LogP contribution >= 0.6 is 0 Å². The summed E-state index contributed by atoms with van der Waals surface area (Å²) < 4.78 is 59.9. The lowest BCUT2D eigenvalue weighted by molar-refractivity contribution is -0.137. The zero-order valence-electron chi connectivity index (χ0n) is 17.7. The summed E-state index contributed by atoms with van der Waals surface area (Å²) in [6.07, 6.45) is 1.49. The quantitative estimate of drug-likeness (QED) is 0.482. The number of halogens is 4. The van der Waals surface area contributed by atoms with Crippen LogP contribution in [0.15, 0.2) is 36.5 Å². The number of nitrogens with one attached hydrogen (secondary N) is 1. The topological polar surface area (TPSA) is 56.1 Å². The molecule has 0 aliphatic heterocycles. The van der Waals surface area contributed by atoms with Crippen LogP contribution in [0, 0.1) is 11.7 Å². The van der Waals surface area contributed by atoms with Crippen molar-refractivity contribution in [2.24, 2.45) is 5.92 Å². The monoisotopic (exact) mass is 449 g/mol. The molecule has 1 heterocycles. The van der Waals surface area contributed by atoms with Gasteiger partial charge in [-0.25, -0.2) is 4.39 Å². The molecular formula is C23H23F4N3O2. The van der Waals surface area contributed by atoms with Crippen molar-refractivity contribution in [2.45, 2.75) is 44.8 Å². The molecule has 1 aliphatic rings. The van der Waals surface area contributed by atoms with Gasteiger partial charge in [0, 0.05) is 23.2 Å². The fraction of sp³-hybridized carbons (Fsp3) is 0.391. The van der Waals surface area contributed by atoms with Gasteiger partial charge < -0.3 is 10.1 Å². The van der Waals surface area contributed by atoms with Crippen LogP contribution in [0.1, 0.15) is 54.6 Å². The Morgan fingerprint density at radius 2 is 1.84 bits per heavy atom. The number of hydrogen-bond donors (Lipinski definition) is 1. The molecule has 5 nitrogen and oxygen atoms in total. The second kappa shape index (κ2) is 8.44. The molecule has 32 heavy (non-hydrogen) atoms. The van der Waals surface area contributed by atoms with Crippen molar-refractivity contribution in [3.63, 3.8) is 0 Å². The summed E-state index contributed by atoms with van der Waals surface area (Å²) in [5, 5.41) is 7.94. The predicted molar refractivity (Wildman–Crippen MR) is 112 cm³/mol. The van der Waals surface area contributed by atoms with Crippen LogP contribution in [-0.4, -0.2) is 22.8 Å². The fourth-order valence-electron chi connectivity index (χ4n) is 4.11. The van der Waals surface area contributed by atoms with Gasteiger partial charge in [0.2, 0.25) is 0 Å². The second-order valence-corrected chi connectivity index (χ2v) is 8.31. The van der Waals surface area contributed by atoms with Gasteiger partial charge in [0.05, 0.1) is 29.9 Å². The van der Waals surface area contributed by atoms with Crippen molar-refractivity contribution in [1.29, 1.82) is 0 Å². The summed E-state index contributed by atoms with van der Waals surface area (Å²) in [5.41, 5.74) is -0.720. The molecule has 170 valence electrons. The van der Waals surface area contributed by atoms with E-state index < -0.39 is 29.0 Å². The summed E-state index contributed by atoms with van der Waals surface area (Å²) in [7, 11) is 1.42. The number of alkyl halides is 3. The Labute approximate surface area is 182 Å². The highest BCUT2D eigenvalue weighted by Gasteiger charge is 2.32. The number of benzene rings is 2. The van der Waals surface area contributed by atoms with E-state index in [2.05, 4.69) is 17.3 Å². The third-order valence-corrected chi connectivity index (χ3v) is 5.94. The SMILES string of the molecule is COc1cc2nn(C3CCC(C)CC3)cc2cc1NC(=O)c1cc(F)cc(C(F)(F)F)c1. The number of hydrogen-bond acceptors (Lipinski definition) is 3. The van der Waals surface area contributed by atoms with Gasteiger partial charge in [0.15, 0.2) is 0 Å². The average Bonchev–Trinajstić information content (AvgIpc) is 3.15. The highest BCUT2D eigenvalue weighted by Crippen LogP contribution is 2.35. The lowest BCUT2D eigenvalue weighted by Crippen LogP contribution is -2.16. The molecule has 0 atom stereocenters. The van der Waals surface area contributed by atoms with Gasteiger partial charge >= 0.3 is 6.18 Å². The molecule has 0 bridgehead atoms. The van der Waals surface area contributed by atoms with E-state index in [-0.39, 0.29) is 5.69 Å². The van der Waals surface area contributed by atoms with E-state index in [0.29, 0.717) is 35.4 Å². The van der Waals surface area contributed by atoms with Crippen LogP contribution in [0.4, 0.5) is 23.2 Å². The van der Waals surface area contributed by atoms with E-state index in [4.69, 9.17) is 4.74 Å². The zero-order valence-corrected chi connectivity index (χ0v) is 17.7.